The number of carbonyl (C=O) groups excluding carboxylic acids is 1. The van der Waals surface area contributed by atoms with Gasteiger partial charge in [0.15, 0.2) is 0 Å². The van der Waals surface area contributed by atoms with Crippen LogP contribution in [0, 0.1) is 5.92 Å². The van der Waals surface area contributed by atoms with Crippen LogP contribution in [0.3, 0.4) is 0 Å². The summed E-state index contributed by atoms with van der Waals surface area (Å²) < 4.78 is 0. The molecular weight excluding hydrogens is 238 g/mol. The zero-order valence-corrected chi connectivity index (χ0v) is 11.8. The Morgan fingerprint density at radius 1 is 1.47 bits per heavy atom. The maximum absolute atomic E-state index is 12.2. The molecule has 0 bridgehead atoms. The van der Waals surface area contributed by atoms with Gasteiger partial charge in [0.25, 0.3) is 5.91 Å². The third kappa shape index (κ3) is 3.69. The predicted molar refractivity (Wildman–Crippen MR) is 76.9 cm³/mol. The number of pyridine rings is 1. The molecule has 3 N–H and O–H groups in total. The minimum Gasteiger partial charge on any atom is -0.384 e. The summed E-state index contributed by atoms with van der Waals surface area (Å²) in [6, 6.07) is 3.79. The lowest BCUT2D eigenvalue weighted by Crippen LogP contribution is -2.38. The molecule has 19 heavy (non-hydrogen) atoms. The molecule has 1 fully saturated rings. The molecule has 0 saturated heterocycles. The van der Waals surface area contributed by atoms with E-state index < -0.39 is 0 Å². The Morgan fingerprint density at radius 2 is 2.26 bits per heavy atom. The van der Waals surface area contributed by atoms with Gasteiger partial charge in [-0.25, -0.2) is 4.98 Å². The largest absolute Gasteiger partial charge is 0.384 e. The first kappa shape index (κ1) is 13.8. The number of nitrogens with zero attached hydrogens (tertiary/aromatic N) is 1. The van der Waals surface area contributed by atoms with Crippen LogP contribution < -0.4 is 11.1 Å². The van der Waals surface area contributed by atoms with E-state index in [1.807, 2.05) is 13.0 Å². The molecule has 0 spiro atoms. The van der Waals surface area contributed by atoms with Crippen LogP contribution in [-0.2, 0) is 6.42 Å². The number of rotatable bonds is 3. The number of hydrogen-bond acceptors (Lipinski definition) is 3. The molecule has 1 saturated carbocycles. The maximum atomic E-state index is 12.2. The van der Waals surface area contributed by atoms with Crippen molar-refractivity contribution in [3.8, 4) is 0 Å². The average molecular weight is 261 g/mol. The molecule has 2 atom stereocenters. The highest BCUT2D eigenvalue weighted by Crippen LogP contribution is 2.23. The van der Waals surface area contributed by atoms with Gasteiger partial charge in [0.2, 0.25) is 0 Å². The quantitative estimate of drug-likeness (QED) is 0.878. The van der Waals surface area contributed by atoms with Gasteiger partial charge in [-0.2, -0.15) is 0 Å². The van der Waals surface area contributed by atoms with Crippen LogP contribution in [0.25, 0.3) is 0 Å². The number of nitrogen functional groups attached to an aromatic ring is 1. The Bertz CT molecular complexity index is 459. The Labute approximate surface area is 114 Å². The van der Waals surface area contributed by atoms with Gasteiger partial charge in [0.1, 0.15) is 5.82 Å². The molecule has 104 valence electrons. The Morgan fingerprint density at radius 3 is 2.95 bits per heavy atom. The highest BCUT2D eigenvalue weighted by atomic mass is 16.1. The molecule has 1 aromatic rings. The monoisotopic (exact) mass is 261 g/mol. The summed E-state index contributed by atoms with van der Waals surface area (Å²) in [6.07, 6.45) is 5.41. The molecule has 1 heterocycles. The summed E-state index contributed by atoms with van der Waals surface area (Å²) in [4.78, 5) is 16.4. The SMILES string of the molecule is CCc1cc(C(=O)NC2CCCC(C)C2)cc(N)n1. The van der Waals surface area contributed by atoms with Gasteiger partial charge in [0.05, 0.1) is 0 Å². The Balaban J connectivity index is 2.05. The predicted octanol–water partition coefficient (Wildman–Crippen LogP) is 2.53. The molecule has 0 aliphatic heterocycles. The zero-order valence-electron chi connectivity index (χ0n) is 11.8. The fourth-order valence-corrected chi connectivity index (χ4v) is 2.76. The molecule has 0 aromatic carbocycles. The van der Waals surface area contributed by atoms with Crippen LogP contribution in [-0.4, -0.2) is 16.9 Å². The maximum Gasteiger partial charge on any atom is 0.251 e. The van der Waals surface area contributed by atoms with E-state index in [1.165, 1.54) is 12.8 Å². The number of hydrogen-bond donors (Lipinski definition) is 2. The van der Waals surface area contributed by atoms with Crippen LogP contribution in [0.2, 0.25) is 0 Å². The van der Waals surface area contributed by atoms with Gasteiger partial charge in [-0.05, 0) is 37.3 Å². The van der Waals surface area contributed by atoms with Crippen molar-refractivity contribution >= 4 is 11.7 Å². The summed E-state index contributed by atoms with van der Waals surface area (Å²) >= 11 is 0. The van der Waals surface area contributed by atoms with E-state index in [-0.39, 0.29) is 5.91 Å². The van der Waals surface area contributed by atoms with Crippen LogP contribution in [0.4, 0.5) is 5.82 Å². The van der Waals surface area contributed by atoms with Crippen LogP contribution in [0.1, 0.15) is 55.6 Å². The van der Waals surface area contributed by atoms with Crippen LogP contribution in [0.15, 0.2) is 12.1 Å². The third-order valence-electron chi connectivity index (χ3n) is 3.79. The molecule has 2 rings (SSSR count). The summed E-state index contributed by atoms with van der Waals surface area (Å²) in [7, 11) is 0. The molecular formula is C15H23N3O. The second-order valence-electron chi connectivity index (χ2n) is 5.57. The topological polar surface area (TPSA) is 68.0 Å². The Hall–Kier alpha value is -1.58. The molecule has 4 heteroatoms. The minimum atomic E-state index is -0.0251. The summed E-state index contributed by atoms with van der Waals surface area (Å²) in [5.74, 6) is 1.09. The highest BCUT2D eigenvalue weighted by molar-refractivity contribution is 5.95. The lowest BCUT2D eigenvalue weighted by atomic mass is 9.87. The van der Waals surface area contributed by atoms with Crippen molar-refractivity contribution in [3.05, 3.63) is 23.4 Å². The van der Waals surface area contributed by atoms with Crippen LogP contribution >= 0.6 is 0 Å². The number of nitrogens with one attached hydrogen (secondary N) is 1. The van der Waals surface area contributed by atoms with Gasteiger partial charge >= 0.3 is 0 Å². The van der Waals surface area contributed by atoms with Gasteiger partial charge < -0.3 is 11.1 Å². The lowest BCUT2D eigenvalue weighted by Gasteiger charge is -2.27. The molecule has 1 aliphatic rings. The van der Waals surface area contributed by atoms with Gasteiger partial charge in [-0.15, -0.1) is 0 Å². The molecule has 1 aromatic heterocycles. The van der Waals surface area contributed by atoms with Crippen molar-refractivity contribution in [2.75, 3.05) is 5.73 Å². The first-order chi connectivity index (χ1) is 9.08. The first-order valence-corrected chi connectivity index (χ1v) is 7.15. The van der Waals surface area contributed by atoms with Gasteiger partial charge in [-0.1, -0.05) is 26.7 Å². The van der Waals surface area contributed by atoms with Gasteiger partial charge in [0, 0.05) is 17.3 Å². The van der Waals surface area contributed by atoms with E-state index in [4.69, 9.17) is 5.73 Å². The number of amides is 1. The molecule has 1 aliphatic carbocycles. The third-order valence-corrected chi connectivity index (χ3v) is 3.79. The number of nitrogens with two attached hydrogens (primary N) is 1. The van der Waals surface area contributed by atoms with E-state index >= 15 is 0 Å². The van der Waals surface area contributed by atoms with Crippen molar-refractivity contribution in [3.63, 3.8) is 0 Å². The summed E-state index contributed by atoms with van der Waals surface area (Å²) in [6.45, 7) is 4.25. The van der Waals surface area contributed by atoms with Crippen molar-refractivity contribution in [1.29, 1.82) is 0 Å². The molecule has 1 amide bonds. The number of aromatic nitrogens is 1. The number of anilines is 1. The number of aryl methyl sites for hydroxylation is 1. The highest BCUT2D eigenvalue weighted by Gasteiger charge is 2.21. The van der Waals surface area contributed by atoms with Gasteiger partial charge in [-0.3, -0.25) is 4.79 Å². The lowest BCUT2D eigenvalue weighted by molar-refractivity contribution is 0.0921. The molecule has 4 nitrogen and oxygen atoms in total. The van der Waals surface area contributed by atoms with Crippen molar-refractivity contribution in [2.24, 2.45) is 5.92 Å². The second-order valence-corrected chi connectivity index (χ2v) is 5.57. The standard InChI is InChI=1S/C15H23N3O/c1-3-12-8-11(9-14(16)17-12)15(19)18-13-6-4-5-10(2)7-13/h8-10,13H,3-7H2,1-2H3,(H2,16,17)(H,18,19). The average Bonchev–Trinajstić information content (AvgIpc) is 2.38. The normalized spacial score (nSPS) is 23.1. The zero-order chi connectivity index (χ0) is 13.8. The fraction of sp³-hybridized carbons (Fsp3) is 0.600. The smallest absolute Gasteiger partial charge is 0.251 e. The summed E-state index contributed by atoms with van der Waals surface area (Å²) in [5, 5.41) is 3.12. The number of carbonyl (C=O) groups is 1. The van der Waals surface area contributed by atoms with E-state index in [0.717, 1.165) is 25.0 Å². The van der Waals surface area contributed by atoms with Crippen LogP contribution in [0.5, 0.6) is 0 Å². The first-order valence-electron chi connectivity index (χ1n) is 7.15. The summed E-state index contributed by atoms with van der Waals surface area (Å²) in [5.41, 5.74) is 7.23. The second kappa shape index (κ2) is 6.04. The van der Waals surface area contributed by atoms with E-state index in [1.54, 1.807) is 6.07 Å². The minimum absolute atomic E-state index is 0.0251. The van der Waals surface area contributed by atoms with E-state index in [2.05, 4.69) is 17.2 Å². The fourth-order valence-electron chi connectivity index (χ4n) is 2.76. The van der Waals surface area contributed by atoms with E-state index in [0.29, 0.717) is 23.3 Å². The Kier molecular flexibility index (Phi) is 4.40. The van der Waals surface area contributed by atoms with Crippen molar-refractivity contribution in [2.45, 2.75) is 52.0 Å². The van der Waals surface area contributed by atoms with E-state index in [9.17, 15) is 4.79 Å². The molecule has 2 unspecified atom stereocenters. The molecule has 0 radical (unpaired) electrons. The van der Waals surface area contributed by atoms with Crippen molar-refractivity contribution in [1.82, 2.24) is 10.3 Å². The van der Waals surface area contributed by atoms with Crippen molar-refractivity contribution < 1.29 is 4.79 Å².